The second kappa shape index (κ2) is 3.79. The topological polar surface area (TPSA) is 50.9 Å². The number of benzene rings is 1. The maximum atomic E-state index is 5.73. The Bertz CT molecular complexity index is 412. The zero-order valence-corrected chi connectivity index (χ0v) is 7.57. The first-order valence-corrected chi connectivity index (χ1v) is 4.30. The Labute approximate surface area is 82.6 Å². The summed E-state index contributed by atoms with van der Waals surface area (Å²) in [6, 6.07) is 14.2. The summed E-state index contributed by atoms with van der Waals surface area (Å²) in [5.41, 5.74) is 7.22. The number of hydrogen-bond acceptors (Lipinski definition) is 3. The van der Waals surface area contributed by atoms with Crippen molar-refractivity contribution in [3.05, 3.63) is 48.7 Å². The summed E-state index contributed by atoms with van der Waals surface area (Å²) < 4.78 is 0. The molecule has 0 unspecified atom stereocenters. The molecule has 0 saturated carbocycles. The first-order chi connectivity index (χ1) is 6.86. The van der Waals surface area contributed by atoms with Gasteiger partial charge in [0.1, 0.15) is 0 Å². The van der Waals surface area contributed by atoms with E-state index in [9.17, 15) is 0 Å². The van der Waals surface area contributed by atoms with Crippen LogP contribution in [0.3, 0.4) is 0 Å². The van der Waals surface area contributed by atoms with Gasteiger partial charge in [-0.25, -0.2) is 4.98 Å². The van der Waals surface area contributed by atoms with Gasteiger partial charge in [-0.15, -0.1) is 0 Å². The third-order valence-electron chi connectivity index (χ3n) is 1.80. The van der Waals surface area contributed by atoms with E-state index in [1.54, 1.807) is 18.3 Å². The predicted octanol–water partition coefficient (Wildman–Crippen LogP) is 2.21. The van der Waals surface area contributed by atoms with Gasteiger partial charge in [0.05, 0.1) is 5.69 Å². The number of nitrogens with zero attached hydrogens (tertiary/aromatic N) is 1. The van der Waals surface area contributed by atoms with Crippen molar-refractivity contribution in [3.63, 3.8) is 0 Å². The molecular weight excluding hydrogens is 174 g/mol. The number of pyridine rings is 1. The number of anilines is 3. The molecule has 0 fully saturated rings. The van der Waals surface area contributed by atoms with Crippen molar-refractivity contribution >= 4 is 17.2 Å². The van der Waals surface area contributed by atoms with Crippen molar-refractivity contribution in [1.29, 1.82) is 0 Å². The van der Waals surface area contributed by atoms with Crippen LogP contribution >= 0.6 is 0 Å². The van der Waals surface area contributed by atoms with E-state index in [2.05, 4.69) is 16.4 Å². The van der Waals surface area contributed by atoms with E-state index in [1.807, 2.05) is 24.3 Å². The molecular formula is C11H10N3. The Morgan fingerprint density at radius 3 is 2.86 bits per heavy atom. The van der Waals surface area contributed by atoms with Crippen LogP contribution in [-0.2, 0) is 0 Å². The zero-order valence-electron chi connectivity index (χ0n) is 7.57. The van der Waals surface area contributed by atoms with Crippen molar-refractivity contribution in [2.45, 2.75) is 0 Å². The molecule has 3 N–H and O–H groups in total. The van der Waals surface area contributed by atoms with Gasteiger partial charge in [0, 0.05) is 18.0 Å². The van der Waals surface area contributed by atoms with Gasteiger partial charge >= 0.3 is 0 Å². The summed E-state index contributed by atoms with van der Waals surface area (Å²) in [4.78, 5) is 4.12. The molecule has 0 spiro atoms. The molecule has 0 saturated heterocycles. The molecule has 2 aromatic rings. The summed E-state index contributed by atoms with van der Waals surface area (Å²) in [5, 5.41) is 3.08. The lowest BCUT2D eigenvalue weighted by Gasteiger charge is -2.06. The van der Waals surface area contributed by atoms with Gasteiger partial charge in [-0.1, -0.05) is 18.2 Å². The van der Waals surface area contributed by atoms with Crippen LogP contribution in [0.4, 0.5) is 17.2 Å². The smallest absolute Gasteiger partial charge is 0.153 e. The number of aromatic nitrogens is 1. The summed E-state index contributed by atoms with van der Waals surface area (Å²) in [5.74, 6) is 0.662. The lowest BCUT2D eigenvalue weighted by Crippen LogP contribution is -1.98. The van der Waals surface area contributed by atoms with Crippen molar-refractivity contribution in [2.75, 3.05) is 11.1 Å². The summed E-state index contributed by atoms with van der Waals surface area (Å²) in [6.45, 7) is 0. The number of para-hydroxylation sites is 1. The Hall–Kier alpha value is -2.03. The van der Waals surface area contributed by atoms with E-state index in [0.717, 1.165) is 5.69 Å². The van der Waals surface area contributed by atoms with Crippen molar-refractivity contribution in [2.24, 2.45) is 0 Å². The SMILES string of the molecule is Nc1cccnc1Nc1[c]cccc1. The van der Waals surface area contributed by atoms with E-state index in [1.165, 1.54) is 0 Å². The molecule has 14 heavy (non-hydrogen) atoms. The molecule has 1 aromatic heterocycles. The van der Waals surface area contributed by atoms with Gasteiger partial charge in [-0.3, -0.25) is 0 Å². The molecule has 0 aliphatic rings. The minimum atomic E-state index is 0.629. The molecule has 1 heterocycles. The van der Waals surface area contributed by atoms with E-state index in [0.29, 0.717) is 11.5 Å². The molecule has 0 aliphatic heterocycles. The summed E-state index contributed by atoms with van der Waals surface area (Å²) >= 11 is 0. The number of nitrogens with one attached hydrogen (secondary N) is 1. The number of nitrogen functional groups attached to an aromatic ring is 1. The van der Waals surface area contributed by atoms with Crippen molar-refractivity contribution in [1.82, 2.24) is 4.98 Å². The van der Waals surface area contributed by atoms with Gasteiger partial charge in [-0.05, 0) is 18.2 Å². The number of rotatable bonds is 2. The van der Waals surface area contributed by atoms with Gasteiger partial charge in [-0.2, -0.15) is 0 Å². The number of nitrogens with two attached hydrogens (primary N) is 1. The van der Waals surface area contributed by atoms with Crippen LogP contribution in [0.15, 0.2) is 42.6 Å². The molecule has 2 rings (SSSR count). The van der Waals surface area contributed by atoms with Crippen LogP contribution in [0.1, 0.15) is 0 Å². The fourth-order valence-electron chi connectivity index (χ4n) is 1.12. The third kappa shape index (κ3) is 1.82. The van der Waals surface area contributed by atoms with E-state index < -0.39 is 0 Å². The van der Waals surface area contributed by atoms with Crippen LogP contribution in [0, 0.1) is 6.07 Å². The third-order valence-corrected chi connectivity index (χ3v) is 1.80. The lowest BCUT2D eigenvalue weighted by molar-refractivity contribution is 1.31. The van der Waals surface area contributed by atoms with E-state index >= 15 is 0 Å². The molecule has 0 bridgehead atoms. The van der Waals surface area contributed by atoms with Crippen LogP contribution in [0.5, 0.6) is 0 Å². The average Bonchev–Trinajstić information content (AvgIpc) is 2.23. The minimum absolute atomic E-state index is 0.629. The Kier molecular flexibility index (Phi) is 2.32. The van der Waals surface area contributed by atoms with Crippen LogP contribution in [-0.4, -0.2) is 4.98 Å². The second-order valence-corrected chi connectivity index (χ2v) is 2.84. The molecule has 0 aliphatic carbocycles. The van der Waals surface area contributed by atoms with Gasteiger partial charge in [0.25, 0.3) is 0 Å². The first-order valence-electron chi connectivity index (χ1n) is 4.30. The fraction of sp³-hybridized carbons (Fsp3) is 0. The first kappa shape index (κ1) is 8.56. The Balaban J connectivity index is 2.24. The average molecular weight is 184 g/mol. The zero-order chi connectivity index (χ0) is 9.80. The highest BCUT2D eigenvalue weighted by Gasteiger charge is 1.98. The molecule has 1 aromatic carbocycles. The van der Waals surface area contributed by atoms with Crippen LogP contribution in [0.2, 0.25) is 0 Å². The Morgan fingerprint density at radius 1 is 1.21 bits per heavy atom. The monoisotopic (exact) mass is 184 g/mol. The molecule has 3 heteroatoms. The van der Waals surface area contributed by atoms with E-state index in [-0.39, 0.29) is 0 Å². The predicted molar refractivity (Wildman–Crippen MR) is 57.2 cm³/mol. The summed E-state index contributed by atoms with van der Waals surface area (Å²) in [7, 11) is 0. The van der Waals surface area contributed by atoms with Crippen molar-refractivity contribution in [3.8, 4) is 0 Å². The lowest BCUT2D eigenvalue weighted by atomic mass is 10.3. The second-order valence-electron chi connectivity index (χ2n) is 2.84. The molecule has 1 radical (unpaired) electrons. The molecule has 0 atom stereocenters. The minimum Gasteiger partial charge on any atom is -0.396 e. The van der Waals surface area contributed by atoms with Gasteiger partial charge in [0.2, 0.25) is 0 Å². The molecule has 3 nitrogen and oxygen atoms in total. The maximum absolute atomic E-state index is 5.73. The molecule has 69 valence electrons. The maximum Gasteiger partial charge on any atom is 0.153 e. The van der Waals surface area contributed by atoms with Gasteiger partial charge in [0.15, 0.2) is 5.82 Å². The summed E-state index contributed by atoms with van der Waals surface area (Å²) in [6.07, 6.45) is 1.70. The largest absolute Gasteiger partial charge is 0.396 e. The standard InChI is InChI=1S/C11H10N3/c12-10-7-4-8-13-11(10)14-9-5-2-1-3-6-9/h1-5,7-8H,12H2,(H,13,14). The van der Waals surface area contributed by atoms with E-state index in [4.69, 9.17) is 5.73 Å². The number of hydrogen-bond donors (Lipinski definition) is 2. The fourth-order valence-corrected chi connectivity index (χ4v) is 1.12. The molecule has 0 amide bonds. The van der Waals surface area contributed by atoms with Gasteiger partial charge < -0.3 is 11.1 Å². The quantitative estimate of drug-likeness (QED) is 0.752. The normalized spacial score (nSPS) is 9.71. The highest BCUT2D eigenvalue weighted by molar-refractivity contribution is 5.67. The van der Waals surface area contributed by atoms with Crippen LogP contribution < -0.4 is 11.1 Å². The highest BCUT2D eigenvalue weighted by Crippen LogP contribution is 2.18. The Morgan fingerprint density at radius 2 is 2.14 bits per heavy atom. The van der Waals surface area contributed by atoms with Crippen molar-refractivity contribution < 1.29 is 0 Å². The van der Waals surface area contributed by atoms with Crippen LogP contribution in [0.25, 0.3) is 0 Å². The highest BCUT2D eigenvalue weighted by atomic mass is 15.0.